The van der Waals surface area contributed by atoms with Gasteiger partial charge in [-0.2, -0.15) is 0 Å². The Bertz CT molecular complexity index is 732. The Morgan fingerprint density at radius 3 is 2.67 bits per heavy atom. The van der Waals surface area contributed by atoms with Gasteiger partial charge in [0.2, 0.25) is 0 Å². The van der Waals surface area contributed by atoms with E-state index in [1.807, 2.05) is 5.06 Å². The molecule has 0 saturated carbocycles. The zero-order chi connectivity index (χ0) is 19.2. The lowest BCUT2D eigenvalue weighted by Gasteiger charge is -2.33. The van der Waals surface area contributed by atoms with Gasteiger partial charge < -0.3 is 10.2 Å². The van der Waals surface area contributed by atoms with E-state index in [1.165, 1.54) is 36.0 Å². The number of fused-ring (bicyclic) bond motifs is 1. The van der Waals surface area contributed by atoms with Crippen LogP contribution in [-0.4, -0.2) is 18.7 Å². The second-order valence-corrected chi connectivity index (χ2v) is 8.53. The summed E-state index contributed by atoms with van der Waals surface area (Å²) in [6, 6.07) is 15.4. The molecule has 0 radical (unpaired) electrons. The van der Waals surface area contributed by atoms with Crippen molar-refractivity contribution in [1.29, 1.82) is 0 Å². The molecule has 0 spiro atoms. The van der Waals surface area contributed by atoms with Crippen LogP contribution in [-0.2, 0) is 13.0 Å². The summed E-state index contributed by atoms with van der Waals surface area (Å²) in [5, 5.41) is 5.47. The predicted octanol–water partition coefficient (Wildman–Crippen LogP) is 5.89. The summed E-state index contributed by atoms with van der Waals surface area (Å²) in [7, 11) is 2.07. The molecule has 2 aromatic rings. The molecule has 1 aliphatic rings. The van der Waals surface area contributed by atoms with E-state index < -0.39 is 0 Å². The maximum atomic E-state index is 6.33. The molecule has 1 heterocycles. The van der Waals surface area contributed by atoms with Crippen LogP contribution in [0.15, 0.2) is 46.9 Å². The highest BCUT2D eigenvalue weighted by Gasteiger charge is 2.25. The molecule has 0 aromatic heterocycles. The molecule has 0 saturated heterocycles. The third-order valence-electron chi connectivity index (χ3n) is 5.47. The number of rotatable bonds is 8. The Labute approximate surface area is 172 Å². The van der Waals surface area contributed by atoms with Gasteiger partial charge in [-0.15, -0.1) is 5.06 Å². The number of benzene rings is 2. The molecule has 146 valence electrons. The van der Waals surface area contributed by atoms with Gasteiger partial charge in [-0.05, 0) is 66.3 Å². The summed E-state index contributed by atoms with van der Waals surface area (Å²) in [5.41, 5.74) is 4.09. The minimum Gasteiger partial charge on any atom is -0.406 e. The van der Waals surface area contributed by atoms with Crippen LogP contribution in [0.4, 0.5) is 0 Å². The van der Waals surface area contributed by atoms with E-state index in [0.717, 1.165) is 29.7 Å². The molecule has 3 rings (SSSR count). The van der Waals surface area contributed by atoms with Crippen LogP contribution in [0, 0.1) is 5.92 Å². The van der Waals surface area contributed by atoms with Crippen molar-refractivity contribution in [2.24, 2.45) is 5.92 Å². The van der Waals surface area contributed by atoms with Gasteiger partial charge in [0.15, 0.2) is 0 Å². The minimum absolute atomic E-state index is 0.224. The molecule has 2 unspecified atom stereocenters. The van der Waals surface area contributed by atoms with E-state index in [0.29, 0.717) is 5.92 Å². The van der Waals surface area contributed by atoms with Gasteiger partial charge >= 0.3 is 0 Å². The smallest absolute Gasteiger partial charge is 0.147 e. The first kappa shape index (κ1) is 20.4. The van der Waals surface area contributed by atoms with Gasteiger partial charge in [-0.25, -0.2) is 0 Å². The molecule has 0 aliphatic carbocycles. The Hall–Kier alpha value is -1.36. The van der Waals surface area contributed by atoms with Crippen molar-refractivity contribution < 1.29 is 4.84 Å². The number of unbranched alkanes of at least 4 members (excludes halogenated alkanes) is 1. The van der Waals surface area contributed by atoms with Crippen LogP contribution in [0.2, 0.25) is 0 Å². The minimum atomic E-state index is 0.224. The van der Waals surface area contributed by atoms with Crippen molar-refractivity contribution >= 4 is 15.9 Å². The number of nitrogens with one attached hydrogen (secondary N) is 1. The molecule has 3 nitrogen and oxygen atoms in total. The van der Waals surface area contributed by atoms with Crippen molar-refractivity contribution in [2.45, 2.75) is 52.1 Å². The molecule has 0 fully saturated rings. The van der Waals surface area contributed by atoms with E-state index in [1.54, 1.807) is 0 Å². The number of hydroxylamine groups is 2. The molecule has 0 amide bonds. The van der Waals surface area contributed by atoms with Crippen LogP contribution in [0.5, 0.6) is 5.75 Å². The highest BCUT2D eigenvalue weighted by molar-refractivity contribution is 9.10. The van der Waals surface area contributed by atoms with Crippen molar-refractivity contribution in [3.8, 4) is 5.75 Å². The highest BCUT2D eigenvalue weighted by atomic mass is 79.9. The van der Waals surface area contributed by atoms with Gasteiger partial charge in [0.25, 0.3) is 0 Å². The zero-order valence-electron chi connectivity index (χ0n) is 16.7. The third-order valence-corrected chi connectivity index (χ3v) is 6.00. The Morgan fingerprint density at radius 1 is 1.15 bits per heavy atom. The van der Waals surface area contributed by atoms with Crippen molar-refractivity contribution in [3.63, 3.8) is 0 Å². The average molecular weight is 431 g/mol. The third kappa shape index (κ3) is 5.34. The van der Waals surface area contributed by atoms with E-state index in [4.69, 9.17) is 4.84 Å². The fraction of sp³-hybridized carbons (Fsp3) is 0.478. The summed E-state index contributed by atoms with van der Waals surface area (Å²) in [6.45, 7) is 6.59. The fourth-order valence-corrected chi connectivity index (χ4v) is 4.24. The second-order valence-electron chi connectivity index (χ2n) is 7.61. The number of hydrogen-bond donors (Lipinski definition) is 1. The van der Waals surface area contributed by atoms with Crippen LogP contribution in [0.25, 0.3) is 0 Å². The first-order valence-electron chi connectivity index (χ1n) is 10.1. The fourth-order valence-electron chi connectivity index (χ4n) is 3.97. The van der Waals surface area contributed by atoms with E-state index >= 15 is 0 Å². The van der Waals surface area contributed by atoms with Crippen LogP contribution in [0.1, 0.15) is 55.8 Å². The average Bonchev–Trinajstić information content (AvgIpc) is 2.68. The van der Waals surface area contributed by atoms with Gasteiger partial charge in [0, 0.05) is 18.1 Å². The van der Waals surface area contributed by atoms with Crippen LogP contribution < -0.4 is 10.2 Å². The topological polar surface area (TPSA) is 24.5 Å². The van der Waals surface area contributed by atoms with Gasteiger partial charge in [-0.1, -0.05) is 60.8 Å². The number of halogens is 1. The summed E-state index contributed by atoms with van der Waals surface area (Å²) in [5.74, 6) is 1.45. The molecule has 1 N–H and O–H groups in total. The zero-order valence-corrected chi connectivity index (χ0v) is 18.3. The molecular formula is C23H31BrN2O. The van der Waals surface area contributed by atoms with Gasteiger partial charge in [0.05, 0.1) is 6.04 Å². The SMILES string of the molecule is CCCCC(C)C(c1ccc(Br)cc1)N(C)Oc1ccc2c(c1)CCNC2. The Morgan fingerprint density at radius 2 is 1.93 bits per heavy atom. The number of hydrogen-bond acceptors (Lipinski definition) is 3. The van der Waals surface area contributed by atoms with Crippen molar-refractivity contribution in [3.05, 3.63) is 63.6 Å². The molecule has 0 bridgehead atoms. The van der Waals surface area contributed by atoms with Crippen molar-refractivity contribution in [2.75, 3.05) is 13.6 Å². The van der Waals surface area contributed by atoms with E-state index in [9.17, 15) is 0 Å². The summed E-state index contributed by atoms with van der Waals surface area (Å²) in [6.07, 6.45) is 4.73. The maximum Gasteiger partial charge on any atom is 0.147 e. The van der Waals surface area contributed by atoms with Crippen LogP contribution in [0.3, 0.4) is 0 Å². The highest BCUT2D eigenvalue weighted by Crippen LogP contribution is 2.33. The molecular weight excluding hydrogens is 400 g/mol. The first-order chi connectivity index (χ1) is 13.1. The molecule has 2 atom stereocenters. The Kier molecular flexibility index (Phi) is 7.33. The molecule has 1 aliphatic heterocycles. The molecule has 2 aromatic carbocycles. The second kappa shape index (κ2) is 9.72. The monoisotopic (exact) mass is 430 g/mol. The summed E-state index contributed by atoms with van der Waals surface area (Å²) in [4.78, 5) is 6.33. The van der Waals surface area contributed by atoms with E-state index in [-0.39, 0.29) is 6.04 Å². The largest absolute Gasteiger partial charge is 0.406 e. The van der Waals surface area contributed by atoms with E-state index in [2.05, 4.69) is 84.6 Å². The van der Waals surface area contributed by atoms with Gasteiger partial charge in [-0.3, -0.25) is 0 Å². The number of nitrogens with zero attached hydrogens (tertiary/aromatic N) is 1. The predicted molar refractivity (Wildman–Crippen MR) is 116 cm³/mol. The quantitative estimate of drug-likeness (QED) is 0.528. The first-order valence-corrected chi connectivity index (χ1v) is 10.9. The maximum absolute atomic E-state index is 6.33. The molecule has 4 heteroatoms. The van der Waals surface area contributed by atoms with Gasteiger partial charge in [0.1, 0.15) is 5.75 Å². The lowest BCUT2D eigenvalue weighted by atomic mass is 9.90. The van der Waals surface area contributed by atoms with Crippen molar-refractivity contribution in [1.82, 2.24) is 10.4 Å². The summed E-state index contributed by atoms with van der Waals surface area (Å²) >= 11 is 3.55. The lowest BCUT2D eigenvalue weighted by Crippen LogP contribution is -2.32. The van der Waals surface area contributed by atoms with Crippen LogP contribution >= 0.6 is 15.9 Å². The standard InChI is InChI=1S/C23H31BrN2O/c1-4-5-6-17(2)23(18-7-10-21(24)11-8-18)26(3)27-22-12-9-20-16-25-14-13-19(20)15-22/h7-12,15,17,23,25H,4-6,13-14,16H2,1-3H3. The normalized spacial score (nSPS) is 16.0. The Balaban J connectivity index is 1.79. The summed E-state index contributed by atoms with van der Waals surface area (Å²) < 4.78 is 1.11. The molecule has 27 heavy (non-hydrogen) atoms. The lowest BCUT2D eigenvalue weighted by molar-refractivity contribution is -0.0901.